The summed E-state index contributed by atoms with van der Waals surface area (Å²) >= 11 is 1.62. The molecule has 1 N–H and O–H groups in total. The van der Waals surface area contributed by atoms with E-state index in [1.807, 2.05) is 66.9 Å². The van der Waals surface area contributed by atoms with Crippen LogP contribution < -0.4 is 14.8 Å². The number of thiophene rings is 1. The minimum Gasteiger partial charge on any atom is -0.454 e. The molecular formula is C23H18N2O3S. The Morgan fingerprint density at radius 3 is 2.86 bits per heavy atom. The van der Waals surface area contributed by atoms with Crippen molar-refractivity contribution in [2.75, 3.05) is 6.79 Å². The van der Waals surface area contributed by atoms with Crippen molar-refractivity contribution in [3.05, 3.63) is 76.0 Å². The molecule has 2 aromatic carbocycles. The summed E-state index contributed by atoms with van der Waals surface area (Å²) in [5, 5.41) is 5.88. The average molecular weight is 402 g/mol. The van der Waals surface area contributed by atoms with Crippen LogP contribution in [0.5, 0.6) is 11.5 Å². The maximum atomic E-state index is 13.1. The normalized spacial score (nSPS) is 12.3. The van der Waals surface area contributed by atoms with Crippen LogP contribution in [0.2, 0.25) is 0 Å². The fourth-order valence-electron chi connectivity index (χ4n) is 3.41. The van der Waals surface area contributed by atoms with Crippen LogP contribution in [0.3, 0.4) is 0 Å². The number of pyridine rings is 1. The first-order chi connectivity index (χ1) is 14.2. The molecule has 4 aromatic rings. The van der Waals surface area contributed by atoms with E-state index < -0.39 is 0 Å². The van der Waals surface area contributed by atoms with Crippen LogP contribution in [0.1, 0.15) is 20.8 Å². The van der Waals surface area contributed by atoms with E-state index in [-0.39, 0.29) is 12.7 Å². The summed E-state index contributed by atoms with van der Waals surface area (Å²) in [6.07, 6.45) is 0. The molecular weight excluding hydrogens is 384 g/mol. The first kappa shape index (κ1) is 17.7. The highest BCUT2D eigenvalue weighted by molar-refractivity contribution is 7.09. The highest BCUT2D eigenvalue weighted by Crippen LogP contribution is 2.36. The van der Waals surface area contributed by atoms with Crippen molar-refractivity contribution in [2.45, 2.75) is 13.5 Å². The van der Waals surface area contributed by atoms with E-state index in [1.165, 1.54) is 0 Å². The maximum Gasteiger partial charge on any atom is 0.252 e. The van der Waals surface area contributed by atoms with E-state index in [4.69, 9.17) is 14.5 Å². The van der Waals surface area contributed by atoms with Gasteiger partial charge in [-0.05, 0) is 54.8 Å². The van der Waals surface area contributed by atoms with Crippen molar-refractivity contribution >= 4 is 28.1 Å². The average Bonchev–Trinajstić information content (AvgIpc) is 3.42. The van der Waals surface area contributed by atoms with Gasteiger partial charge in [0.15, 0.2) is 11.5 Å². The second-order valence-corrected chi connectivity index (χ2v) is 7.94. The minimum absolute atomic E-state index is 0.113. The van der Waals surface area contributed by atoms with Crippen LogP contribution in [-0.4, -0.2) is 17.7 Å². The van der Waals surface area contributed by atoms with Gasteiger partial charge in [0, 0.05) is 15.8 Å². The molecule has 5 nitrogen and oxygen atoms in total. The maximum absolute atomic E-state index is 13.1. The minimum atomic E-state index is -0.113. The van der Waals surface area contributed by atoms with Crippen molar-refractivity contribution in [2.24, 2.45) is 0 Å². The SMILES string of the molecule is Cc1ccc2nc(-c3ccc4c(c3)OCO4)cc(C(=O)NCc3cccs3)c2c1. The standard InChI is InChI=1S/C23H18N2O3S/c1-14-4-6-19-17(9-14)18(23(26)24-12-16-3-2-8-29-16)11-20(25-19)15-5-7-21-22(10-15)28-13-27-21/h2-11H,12-13H2,1H3,(H,24,26). The third kappa shape index (κ3) is 3.43. The topological polar surface area (TPSA) is 60.5 Å². The number of carbonyl (C=O) groups excluding carboxylic acids is 1. The number of nitrogens with zero attached hydrogens (tertiary/aromatic N) is 1. The number of hydrogen-bond donors (Lipinski definition) is 1. The van der Waals surface area contributed by atoms with Gasteiger partial charge in [-0.2, -0.15) is 0 Å². The van der Waals surface area contributed by atoms with Gasteiger partial charge in [-0.3, -0.25) is 4.79 Å². The lowest BCUT2D eigenvalue weighted by Gasteiger charge is -2.11. The summed E-state index contributed by atoms with van der Waals surface area (Å²) in [4.78, 5) is 19.0. The molecule has 0 radical (unpaired) electrons. The number of nitrogens with one attached hydrogen (secondary N) is 1. The molecule has 6 heteroatoms. The van der Waals surface area contributed by atoms with Gasteiger partial charge >= 0.3 is 0 Å². The molecule has 2 aromatic heterocycles. The molecule has 0 bridgehead atoms. The molecule has 0 spiro atoms. The van der Waals surface area contributed by atoms with E-state index in [9.17, 15) is 4.79 Å². The summed E-state index contributed by atoms with van der Waals surface area (Å²) in [5.41, 5.74) is 4.09. The first-order valence-electron chi connectivity index (χ1n) is 9.29. The van der Waals surface area contributed by atoms with Gasteiger partial charge in [0.1, 0.15) is 0 Å². The van der Waals surface area contributed by atoms with Gasteiger partial charge in [0.2, 0.25) is 6.79 Å². The fourth-order valence-corrected chi connectivity index (χ4v) is 4.05. The Balaban J connectivity index is 1.57. The van der Waals surface area contributed by atoms with E-state index in [1.54, 1.807) is 11.3 Å². The van der Waals surface area contributed by atoms with Crippen molar-refractivity contribution in [3.63, 3.8) is 0 Å². The highest BCUT2D eigenvalue weighted by Gasteiger charge is 2.18. The number of hydrogen-bond acceptors (Lipinski definition) is 5. The largest absolute Gasteiger partial charge is 0.454 e. The van der Waals surface area contributed by atoms with E-state index in [0.29, 0.717) is 17.9 Å². The first-order valence-corrected chi connectivity index (χ1v) is 10.2. The number of amides is 1. The molecule has 0 saturated heterocycles. The molecule has 0 atom stereocenters. The monoisotopic (exact) mass is 402 g/mol. The molecule has 1 aliphatic heterocycles. The molecule has 1 aliphatic rings. The zero-order valence-electron chi connectivity index (χ0n) is 15.8. The summed E-state index contributed by atoms with van der Waals surface area (Å²) in [6, 6.07) is 17.5. The molecule has 144 valence electrons. The van der Waals surface area contributed by atoms with Crippen LogP contribution in [0.25, 0.3) is 22.2 Å². The Morgan fingerprint density at radius 1 is 1.10 bits per heavy atom. The van der Waals surface area contributed by atoms with Crippen LogP contribution in [0, 0.1) is 6.92 Å². The van der Waals surface area contributed by atoms with Crippen molar-refractivity contribution < 1.29 is 14.3 Å². The Kier molecular flexibility index (Phi) is 4.41. The quantitative estimate of drug-likeness (QED) is 0.526. The van der Waals surface area contributed by atoms with Crippen molar-refractivity contribution in [1.29, 1.82) is 0 Å². The predicted molar refractivity (Wildman–Crippen MR) is 114 cm³/mol. The molecule has 0 fully saturated rings. The summed E-state index contributed by atoms with van der Waals surface area (Å²) in [5.74, 6) is 1.30. The Labute approximate surface area is 171 Å². The second kappa shape index (κ2) is 7.22. The number of ether oxygens (including phenoxy) is 2. The lowest BCUT2D eigenvalue weighted by Crippen LogP contribution is -2.22. The van der Waals surface area contributed by atoms with Crippen molar-refractivity contribution in [1.82, 2.24) is 10.3 Å². The summed E-state index contributed by atoms with van der Waals surface area (Å²) in [7, 11) is 0. The van der Waals surface area contributed by atoms with E-state index >= 15 is 0 Å². The Morgan fingerprint density at radius 2 is 2.00 bits per heavy atom. The molecule has 3 heterocycles. The van der Waals surface area contributed by atoms with Gasteiger partial charge in [0.05, 0.1) is 23.3 Å². The van der Waals surface area contributed by atoms with Gasteiger partial charge < -0.3 is 14.8 Å². The van der Waals surface area contributed by atoms with Gasteiger partial charge in [0.25, 0.3) is 5.91 Å². The zero-order chi connectivity index (χ0) is 19.8. The third-order valence-electron chi connectivity index (χ3n) is 4.88. The van der Waals surface area contributed by atoms with Crippen molar-refractivity contribution in [3.8, 4) is 22.8 Å². The Hall–Kier alpha value is -3.38. The number of fused-ring (bicyclic) bond motifs is 2. The second-order valence-electron chi connectivity index (χ2n) is 6.91. The van der Waals surface area contributed by atoms with Crippen LogP contribution >= 0.6 is 11.3 Å². The van der Waals surface area contributed by atoms with Gasteiger partial charge in [-0.25, -0.2) is 4.98 Å². The molecule has 5 rings (SSSR count). The summed E-state index contributed by atoms with van der Waals surface area (Å²) in [6.45, 7) is 2.74. The molecule has 0 saturated carbocycles. The zero-order valence-corrected chi connectivity index (χ0v) is 16.6. The fraction of sp³-hybridized carbons (Fsp3) is 0.130. The molecule has 0 aliphatic carbocycles. The predicted octanol–water partition coefficient (Wildman–Crippen LogP) is 4.93. The third-order valence-corrected chi connectivity index (χ3v) is 5.76. The smallest absolute Gasteiger partial charge is 0.252 e. The van der Waals surface area contributed by atoms with Crippen LogP contribution in [0.4, 0.5) is 0 Å². The summed E-state index contributed by atoms with van der Waals surface area (Å²) < 4.78 is 10.9. The number of carbonyl (C=O) groups is 1. The molecule has 1 amide bonds. The van der Waals surface area contributed by atoms with Crippen LogP contribution in [0.15, 0.2) is 60.0 Å². The van der Waals surface area contributed by atoms with Gasteiger partial charge in [-0.1, -0.05) is 17.7 Å². The lowest BCUT2D eigenvalue weighted by molar-refractivity contribution is 0.0953. The molecule has 0 unspecified atom stereocenters. The highest BCUT2D eigenvalue weighted by atomic mass is 32.1. The molecule has 29 heavy (non-hydrogen) atoms. The number of rotatable bonds is 4. The van der Waals surface area contributed by atoms with E-state index in [2.05, 4.69) is 5.32 Å². The number of aryl methyl sites for hydroxylation is 1. The van der Waals surface area contributed by atoms with E-state index in [0.717, 1.165) is 38.4 Å². The lowest BCUT2D eigenvalue weighted by atomic mass is 10.0. The van der Waals surface area contributed by atoms with Gasteiger partial charge in [-0.15, -0.1) is 11.3 Å². The number of benzene rings is 2. The Bertz CT molecular complexity index is 1220. The number of aromatic nitrogens is 1. The van der Waals surface area contributed by atoms with Crippen LogP contribution in [-0.2, 0) is 6.54 Å².